The molecule has 2 aromatic heterocycles. The molecule has 4 nitrogen and oxygen atoms in total. The van der Waals surface area contributed by atoms with Crippen molar-refractivity contribution in [1.82, 2.24) is 10.3 Å². The van der Waals surface area contributed by atoms with Crippen LogP contribution in [0, 0.1) is 3.57 Å². The van der Waals surface area contributed by atoms with Crippen molar-refractivity contribution >= 4 is 56.4 Å². The van der Waals surface area contributed by atoms with E-state index in [1.165, 1.54) is 14.9 Å². The molecule has 1 aromatic carbocycles. The van der Waals surface area contributed by atoms with Crippen LogP contribution in [0.25, 0.3) is 11.3 Å². The van der Waals surface area contributed by atoms with Crippen LogP contribution < -0.4 is 10.6 Å². The minimum atomic E-state index is -0.239. The van der Waals surface area contributed by atoms with Crippen molar-refractivity contribution in [3.63, 3.8) is 0 Å². The zero-order valence-electron chi connectivity index (χ0n) is 11.4. The highest BCUT2D eigenvalue weighted by atomic mass is 127. The summed E-state index contributed by atoms with van der Waals surface area (Å²) in [6, 6.07) is 11.8. The quantitative estimate of drug-likeness (QED) is 0.572. The first-order valence-corrected chi connectivity index (χ1v) is 9.33. The number of thiazole rings is 1. The molecule has 7 heteroatoms. The highest BCUT2D eigenvalue weighted by Gasteiger charge is 2.08. The fourth-order valence-electron chi connectivity index (χ4n) is 1.81. The van der Waals surface area contributed by atoms with Gasteiger partial charge in [0.2, 0.25) is 0 Å². The normalized spacial score (nSPS) is 10.4. The number of nitrogens with zero attached hydrogens (tertiary/aromatic N) is 1. The SMILES string of the molecule is O=C(NCc1cccs1)Nc1nc(-c2ccc(I)cc2)cs1. The zero-order valence-corrected chi connectivity index (χ0v) is 15.2. The molecule has 2 N–H and O–H groups in total. The van der Waals surface area contributed by atoms with Crippen molar-refractivity contribution in [1.29, 1.82) is 0 Å². The number of carbonyl (C=O) groups is 1. The number of amides is 2. The molecule has 0 spiro atoms. The maximum atomic E-state index is 11.8. The minimum Gasteiger partial charge on any atom is -0.333 e. The van der Waals surface area contributed by atoms with Gasteiger partial charge in [-0.25, -0.2) is 9.78 Å². The van der Waals surface area contributed by atoms with E-state index in [9.17, 15) is 4.79 Å². The van der Waals surface area contributed by atoms with Crippen molar-refractivity contribution in [3.8, 4) is 11.3 Å². The highest BCUT2D eigenvalue weighted by molar-refractivity contribution is 14.1. The molecule has 3 aromatic rings. The highest BCUT2D eigenvalue weighted by Crippen LogP contribution is 2.25. The molecule has 0 aliphatic carbocycles. The van der Waals surface area contributed by atoms with Gasteiger partial charge >= 0.3 is 6.03 Å². The van der Waals surface area contributed by atoms with E-state index in [1.54, 1.807) is 11.3 Å². The van der Waals surface area contributed by atoms with Gasteiger partial charge in [0.15, 0.2) is 5.13 Å². The number of hydrogen-bond acceptors (Lipinski definition) is 4. The van der Waals surface area contributed by atoms with Crippen molar-refractivity contribution in [2.45, 2.75) is 6.54 Å². The number of rotatable bonds is 4. The Balaban J connectivity index is 1.59. The summed E-state index contributed by atoms with van der Waals surface area (Å²) in [5, 5.41) is 10.1. The topological polar surface area (TPSA) is 54.0 Å². The number of urea groups is 1. The van der Waals surface area contributed by atoms with Crippen LogP contribution in [0.4, 0.5) is 9.93 Å². The Kier molecular flexibility index (Phi) is 5.06. The molecule has 2 heterocycles. The first kappa shape index (κ1) is 15.4. The van der Waals surface area contributed by atoms with Crippen LogP contribution in [-0.4, -0.2) is 11.0 Å². The van der Waals surface area contributed by atoms with E-state index in [2.05, 4.69) is 38.2 Å². The van der Waals surface area contributed by atoms with Gasteiger partial charge in [0.1, 0.15) is 0 Å². The van der Waals surface area contributed by atoms with Crippen LogP contribution in [0.5, 0.6) is 0 Å². The lowest BCUT2D eigenvalue weighted by Gasteiger charge is -2.03. The summed E-state index contributed by atoms with van der Waals surface area (Å²) in [5.74, 6) is 0. The van der Waals surface area contributed by atoms with Crippen LogP contribution in [0.1, 0.15) is 4.88 Å². The van der Waals surface area contributed by atoms with Gasteiger partial charge in [-0.05, 0) is 46.2 Å². The van der Waals surface area contributed by atoms with E-state index in [0.29, 0.717) is 11.7 Å². The number of carbonyl (C=O) groups excluding carboxylic acids is 1. The molecule has 0 saturated carbocycles. The van der Waals surface area contributed by atoms with Gasteiger partial charge in [-0.2, -0.15) is 0 Å². The van der Waals surface area contributed by atoms with Crippen LogP contribution in [0.3, 0.4) is 0 Å². The van der Waals surface area contributed by atoms with E-state index >= 15 is 0 Å². The Morgan fingerprint density at radius 3 is 2.73 bits per heavy atom. The molecule has 2 amide bonds. The number of halogens is 1. The molecule has 3 rings (SSSR count). The predicted octanol–water partition coefficient (Wildman–Crippen LogP) is 4.80. The molecule has 0 radical (unpaired) electrons. The molecule has 112 valence electrons. The van der Waals surface area contributed by atoms with Gasteiger partial charge in [0.25, 0.3) is 0 Å². The van der Waals surface area contributed by atoms with Gasteiger partial charge < -0.3 is 5.32 Å². The number of anilines is 1. The zero-order chi connectivity index (χ0) is 15.4. The van der Waals surface area contributed by atoms with Crippen LogP contribution in [0.2, 0.25) is 0 Å². The van der Waals surface area contributed by atoms with Crippen molar-refractivity contribution in [2.75, 3.05) is 5.32 Å². The average molecular weight is 441 g/mol. The third kappa shape index (κ3) is 4.05. The fraction of sp³-hybridized carbons (Fsp3) is 0.0667. The lowest BCUT2D eigenvalue weighted by Crippen LogP contribution is -2.27. The summed E-state index contributed by atoms with van der Waals surface area (Å²) in [5.41, 5.74) is 1.92. The number of aromatic nitrogens is 1. The van der Waals surface area contributed by atoms with Gasteiger partial charge in [0.05, 0.1) is 12.2 Å². The molecule has 0 atom stereocenters. The summed E-state index contributed by atoms with van der Waals surface area (Å²) in [6.07, 6.45) is 0. The largest absolute Gasteiger partial charge is 0.333 e. The number of nitrogens with one attached hydrogen (secondary N) is 2. The van der Waals surface area contributed by atoms with Crippen LogP contribution in [0.15, 0.2) is 47.2 Å². The molecular formula is C15H12IN3OS2. The third-order valence-electron chi connectivity index (χ3n) is 2.87. The standard InChI is InChI=1S/C15H12IN3OS2/c16-11-5-3-10(4-6-11)13-9-22-15(18-13)19-14(20)17-8-12-2-1-7-21-12/h1-7,9H,8H2,(H2,17,18,19,20). The Labute approximate surface area is 149 Å². The van der Waals surface area contributed by atoms with Gasteiger partial charge in [-0.3, -0.25) is 5.32 Å². The maximum Gasteiger partial charge on any atom is 0.321 e. The Bertz CT molecular complexity index is 753. The number of benzene rings is 1. The molecule has 0 saturated heterocycles. The summed E-state index contributed by atoms with van der Waals surface area (Å²) in [7, 11) is 0. The number of thiophene rings is 1. The Morgan fingerprint density at radius 1 is 1.18 bits per heavy atom. The summed E-state index contributed by atoms with van der Waals surface area (Å²) in [4.78, 5) is 17.4. The molecule has 22 heavy (non-hydrogen) atoms. The first-order chi connectivity index (χ1) is 10.7. The predicted molar refractivity (Wildman–Crippen MR) is 100 cm³/mol. The smallest absolute Gasteiger partial charge is 0.321 e. The number of hydrogen-bond donors (Lipinski definition) is 2. The second-order valence-corrected chi connectivity index (χ2v) is 7.57. The third-order valence-corrected chi connectivity index (χ3v) is 5.22. The van der Waals surface area contributed by atoms with Crippen LogP contribution >= 0.6 is 45.3 Å². The lowest BCUT2D eigenvalue weighted by atomic mass is 10.2. The molecule has 0 unspecified atom stereocenters. The van der Waals surface area contributed by atoms with Crippen molar-refractivity contribution < 1.29 is 4.79 Å². The second kappa shape index (κ2) is 7.21. The molecule has 0 bridgehead atoms. The van der Waals surface area contributed by atoms with Gasteiger partial charge in [-0.1, -0.05) is 18.2 Å². The Morgan fingerprint density at radius 2 is 2.00 bits per heavy atom. The summed E-state index contributed by atoms with van der Waals surface area (Å²) >= 11 is 5.30. The first-order valence-electron chi connectivity index (χ1n) is 6.49. The molecular weight excluding hydrogens is 429 g/mol. The van der Waals surface area contributed by atoms with Crippen LogP contribution in [-0.2, 0) is 6.54 Å². The monoisotopic (exact) mass is 441 g/mol. The fourth-order valence-corrected chi connectivity index (χ4v) is 3.53. The molecule has 0 aliphatic rings. The Hall–Kier alpha value is -1.45. The molecule has 0 aliphatic heterocycles. The van der Waals surface area contributed by atoms with E-state index in [0.717, 1.165) is 16.1 Å². The van der Waals surface area contributed by atoms with E-state index in [4.69, 9.17) is 0 Å². The second-order valence-electron chi connectivity index (χ2n) is 4.43. The van der Waals surface area contributed by atoms with Gasteiger partial charge in [0, 0.05) is 19.4 Å². The van der Waals surface area contributed by atoms with E-state index in [1.807, 2.05) is 47.2 Å². The summed E-state index contributed by atoms with van der Waals surface area (Å²) in [6.45, 7) is 0.527. The average Bonchev–Trinajstić information content (AvgIpc) is 3.17. The summed E-state index contributed by atoms with van der Waals surface area (Å²) < 4.78 is 1.18. The lowest BCUT2D eigenvalue weighted by molar-refractivity contribution is 0.252. The van der Waals surface area contributed by atoms with Crippen molar-refractivity contribution in [3.05, 3.63) is 55.6 Å². The molecule has 0 fully saturated rings. The van der Waals surface area contributed by atoms with E-state index in [-0.39, 0.29) is 6.03 Å². The minimum absolute atomic E-state index is 0.239. The van der Waals surface area contributed by atoms with Gasteiger partial charge in [-0.15, -0.1) is 22.7 Å². The maximum absolute atomic E-state index is 11.8. The van der Waals surface area contributed by atoms with Crippen molar-refractivity contribution in [2.24, 2.45) is 0 Å². The van der Waals surface area contributed by atoms with E-state index < -0.39 is 0 Å².